The first-order chi connectivity index (χ1) is 9.00. The van der Waals surface area contributed by atoms with Crippen molar-refractivity contribution in [2.45, 2.75) is 0 Å². The van der Waals surface area contributed by atoms with Crippen LogP contribution in [0.1, 0.15) is 10.4 Å². The zero-order valence-electron chi connectivity index (χ0n) is 10.0. The maximum absolute atomic E-state index is 13.6. The van der Waals surface area contributed by atoms with E-state index in [1.165, 1.54) is 42.3 Å². The van der Waals surface area contributed by atoms with E-state index in [0.717, 1.165) is 0 Å². The molecule has 2 rings (SSSR count). The van der Waals surface area contributed by atoms with Gasteiger partial charge in [0.05, 0.1) is 11.3 Å². The third-order valence-electron chi connectivity index (χ3n) is 2.68. The van der Waals surface area contributed by atoms with Crippen molar-refractivity contribution < 1.29 is 13.6 Å². The maximum atomic E-state index is 13.6. The first-order valence-electron chi connectivity index (χ1n) is 5.48. The molecular formula is C14H10BrF2NO. The molecule has 0 N–H and O–H groups in total. The van der Waals surface area contributed by atoms with Crippen molar-refractivity contribution in [3.8, 4) is 0 Å². The monoisotopic (exact) mass is 325 g/mol. The Morgan fingerprint density at radius 1 is 1.16 bits per heavy atom. The normalized spacial score (nSPS) is 10.3. The van der Waals surface area contributed by atoms with Crippen LogP contribution >= 0.6 is 15.9 Å². The van der Waals surface area contributed by atoms with Gasteiger partial charge in [-0.1, -0.05) is 12.1 Å². The van der Waals surface area contributed by atoms with Crippen LogP contribution in [-0.2, 0) is 0 Å². The number of anilines is 1. The molecule has 2 aromatic rings. The second kappa shape index (κ2) is 5.48. The highest BCUT2D eigenvalue weighted by Gasteiger charge is 2.18. The smallest absolute Gasteiger partial charge is 0.259 e. The molecule has 1 amide bonds. The molecule has 0 aliphatic rings. The summed E-state index contributed by atoms with van der Waals surface area (Å²) in [5.41, 5.74) is 0.441. The molecule has 19 heavy (non-hydrogen) atoms. The number of hydrogen-bond donors (Lipinski definition) is 0. The number of nitrogens with zero attached hydrogens (tertiary/aromatic N) is 1. The number of halogens is 3. The average Bonchev–Trinajstić information content (AvgIpc) is 2.38. The lowest BCUT2D eigenvalue weighted by Crippen LogP contribution is -2.27. The first kappa shape index (κ1) is 13.7. The minimum Gasteiger partial charge on any atom is -0.309 e. The molecule has 0 aromatic heterocycles. The highest BCUT2D eigenvalue weighted by atomic mass is 79.9. The molecule has 0 aliphatic heterocycles. The molecule has 0 atom stereocenters. The standard InChI is InChI=1S/C14H10BrF2NO/c1-18(13-5-3-2-4-12(13)17)14(19)10-7-6-9(16)8-11(10)15/h2-8H,1H3. The van der Waals surface area contributed by atoms with Crippen LogP contribution in [0, 0.1) is 11.6 Å². The molecule has 0 fully saturated rings. The second-order valence-electron chi connectivity index (χ2n) is 3.94. The molecule has 2 nitrogen and oxygen atoms in total. The molecule has 0 unspecified atom stereocenters. The van der Waals surface area contributed by atoms with E-state index in [9.17, 15) is 13.6 Å². The maximum Gasteiger partial charge on any atom is 0.259 e. The summed E-state index contributed by atoms with van der Waals surface area (Å²) in [6.45, 7) is 0. The van der Waals surface area contributed by atoms with Crippen molar-refractivity contribution in [1.82, 2.24) is 0 Å². The fraction of sp³-hybridized carbons (Fsp3) is 0.0714. The number of amides is 1. The van der Waals surface area contributed by atoms with E-state index in [1.54, 1.807) is 12.1 Å². The molecule has 0 radical (unpaired) electrons. The van der Waals surface area contributed by atoms with Gasteiger partial charge >= 0.3 is 0 Å². The van der Waals surface area contributed by atoms with E-state index in [1.807, 2.05) is 0 Å². The van der Waals surface area contributed by atoms with Gasteiger partial charge in [0.2, 0.25) is 0 Å². The number of carbonyl (C=O) groups excluding carboxylic acids is 1. The summed E-state index contributed by atoms with van der Waals surface area (Å²) in [6.07, 6.45) is 0. The van der Waals surface area contributed by atoms with Gasteiger partial charge in [-0.05, 0) is 46.3 Å². The first-order valence-corrected chi connectivity index (χ1v) is 6.27. The van der Waals surface area contributed by atoms with Crippen LogP contribution in [0.4, 0.5) is 14.5 Å². The van der Waals surface area contributed by atoms with E-state index in [-0.39, 0.29) is 11.3 Å². The summed E-state index contributed by atoms with van der Waals surface area (Å²) in [6, 6.07) is 9.71. The van der Waals surface area contributed by atoms with Crippen molar-refractivity contribution in [3.05, 3.63) is 64.1 Å². The van der Waals surface area contributed by atoms with Crippen molar-refractivity contribution in [2.75, 3.05) is 11.9 Å². The van der Waals surface area contributed by atoms with Crippen molar-refractivity contribution in [2.24, 2.45) is 0 Å². The van der Waals surface area contributed by atoms with Gasteiger partial charge in [0.1, 0.15) is 11.6 Å². The molecule has 0 heterocycles. The minimum absolute atomic E-state index is 0.170. The second-order valence-corrected chi connectivity index (χ2v) is 4.79. The van der Waals surface area contributed by atoms with Gasteiger partial charge < -0.3 is 4.90 Å². The average molecular weight is 326 g/mol. The van der Waals surface area contributed by atoms with Crippen molar-refractivity contribution >= 4 is 27.5 Å². The van der Waals surface area contributed by atoms with Crippen LogP contribution in [0.2, 0.25) is 0 Å². The Kier molecular flexibility index (Phi) is 3.95. The Hall–Kier alpha value is -1.75. The van der Waals surface area contributed by atoms with Crippen LogP contribution in [0.3, 0.4) is 0 Å². The largest absolute Gasteiger partial charge is 0.309 e. The Balaban J connectivity index is 2.37. The number of hydrogen-bond acceptors (Lipinski definition) is 1. The van der Waals surface area contributed by atoms with Crippen LogP contribution in [0.25, 0.3) is 0 Å². The zero-order chi connectivity index (χ0) is 14.0. The topological polar surface area (TPSA) is 20.3 Å². The summed E-state index contributed by atoms with van der Waals surface area (Å²) >= 11 is 3.13. The summed E-state index contributed by atoms with van der Waals surface area (Å²) in [5, 5.41) is 0. The predicted octanol–water partition coefficient (Wildman–Crippen LogP) is 4.00. The van der Waals surface area contributed by atoms with Crippen molar-refractivity contribution in [1.29, 1.82) is 0 Å². The Morgan fingerprint density at radius 2 is 1.84 bits per heavy atom. The lowest BCUT2D eigenvalue weighted by Gasteiger charge is -2.18. The SMILES string of the molecule is CN(C(=O)c1ccc(F)cc1Br)c1ccccc1F. The minimum atomic E-state index is -0.489. The van der Waals surface area contributed by atoms with E-state index in [2.05, 4.69) is 15.9 Å². The lowest BCUT2D eigenvalue weighted by atomic mass is 10.2. The Labute approximate surface area is 117 Å². The van der Waals surface area contributed by atoms with Gasteiger partial charge in [-0.15, -0.1) is 0 Å². The van der Waals surface area contributed by atoms with E-state index in [0.29, 0.717) is 4.47 Å². The van der Waals surface area contributed by atoms with Gasteiger partial charge in [0.25, 0.3) is 5.91 Å². The van der Waals surface area contributed by atoms with E-state index in [4.69, 9.17) is 0 Å². The zero-order valence-corrected chi connectivity index (χ0v) is 11.6. The molecule has 0 aliphatic carbocycles. The molecular weight excluding hydrogens is 316 g/mol. The van der Waals surface area contributed by atoms with Gasteiger partial charge in [-0.2, -0.15) is 0 Å². The molecule has 0 saturated carbocycles. The molecule has 0 spiro atoms. The number of rotatable bonds is 2. The fourth-order valence-corrected chi connectivity index (χ4v) is 2.20. The number of benzene rings is 2. The van der Waals surface area contributed by atoms with Gasteiger partial charge in [0, 0.05) is 11.5 Å². The molecule has 98 valence electrons. The molecule has 5 heteroatoms. The van der Waals surface area contributed by atoms with E-state index < -0.39 is 17.5 Å². The van der Waals surface area contributed by atoms with Crippen LogP contribution in [-0.4, -0.2) is 13.0 Å². The van der Waals surface area contributed by atoms with Gasteiger partial charge in [-0.3, -0.25) is 4.79 Å². The highest BCUT2D eigenvalue weighted by molar-refractivity contribution is 9.10. The van der Waals surface area contributed by atoms with Gasteiger partial charge in [-0.25, -0.2) is 8.78 Å². The summed E-state index contributed by atoms with van der Waals surface area (Å²) < 4.78 is 26.9. The third-order valence-corrected chi connectivity index (χ3v) is 3.34. The fourth-order valence-electron chi connectivity index (χ4n) is 1.68. The molecule has 2 aromatic carbocycles. The highest BCUT2D eigenvalue weighted by Crippen LogP contribution is 2.23. The molecule has 0 bridgehead atoms. The number of para-hydroxylation sites is 1. The summed E-state index contributed by atoms with van der Waals surface area (Å²) in [7, 11) is 1.47. The molecule has 0 saturated heterocycles. The van der Waals surface area contributed by atoms with Crippen LogP contribution in [0.5, 0.6) is 0 Å². The van der Waals surface area contributed by atoms with E-state index >= 15 is 0 Å². The van der Waals surface area contributed by atoms with Crippen LogP contribution in [0.15, 0.2) is 46.9 Å². The van der Waals surface area contributed by atoms with Crippen LogP contribution < -0.4 is 4.90 Å². The number of carbonyl (C=O) groups is 1. The van der Waals surface area contributed by atoms with Crippen molar-refractivity contribution in [3.63, 3.8) is 0 Å². The lowest BCUT2D eigenvalue weighted by molar-refractivity contribution is 0.0991. The predicted molar refractivity (Wildman–Crippen MR) is 73.2 cm³/mol. The summed E-state index contributed by atoms with van der Waals surface area (Å²) in [4.78, 5) is 13.4. The summed E-state index contributed by atoms with van der Waals surface area (Å²) in [5.74, 6) is -1.36. The quantitative estimate of drug-likeness (QED) is 0.817. The Bertz CT molecular complexity index is 631. The van der Waals surface area contributed by atoms with Gasteiger partial charge in [0.15, 0.2) is 0 Å². The third kappa shape index (κ3) is 2.81. The Morgan fingerprint density at radius 3 is 2.47 bits per heavy atom.